The SMILES string of the molecule is CCOC(=O)c1cc(O)c2c(c1)CCCC2.CCOC(=O)c1cc(O)c2ccccc2c1. The molecular weight excluding hydrogens is 408 g/mol. The normalized spacial score (nSPS) is 12.3. The second-order valence-electron chi connectivity index (χ2n) is 7.50. The summed E-state index contributed by atoms with van der Waals surface area (Å²) in [5.74, 6) is -0.434. The van der Waals surface area contributed by atoms with Crippen LogP contribution in [0.25, 0.3) is 10.8 Å². The van der Waals surface area contributed by atoms with Gasteiger partial charge in [-0.25, -0.2) is 9.59 Å². The molecule has 3 aromatic rings. The number of benzene rings is 3. The van der Waals surface area contributed by atoms with Gasteiger partial charge in [0.05, 0.1) is 24.3 Å². The lowest BCUT2D eigenvalue weighted by Crippen LogP contribution is -2.09. The third-order valence-corrected chi connectivity index (χ3v) is 5.30. The van der Waals surface area contributed by atoms with Gasteiger partial charge in [0.1, 0.15) is 11.5 Å². The number of carbonyl (C=O) groups is 2. The summed E-state index contributed by atoms with van der Waals surface area (Å²) in [6, 6.07) is 13.9. The third-order valence-electron chi connectivity index (χ3n) is 5.30. The second-order valence-corrected chi connectivity index (χ2v) is 7.50. The lowest BCUT2D eigenvalue weighted by Gasteiger charge is -2.17. The van der Waals surface area contributed by atoms with Gasteiger partial charge in [-0.05, 0) is 80.3 Å². The first-order valence-electron chi connectivity index (χ1n) is 10.8. The number of fused-ring (bicyclic) bond motifs is 2. The minimum Gasteiger partial charge on any atom is -0.508 e. The van der Waals surface area contributed by atoms with E-state index in [0.29, 0.717) is 24.3 Å². The molecule has 0 radical (unpaired) electrons. The average molecular weight is 437 g/mol. The molecule has 0 fully saturated rings. The predicted molar refractivity (Wildman–Crippen MR) is 122 cm³/mol. The summed E-state index contributed by atoms with van der Waals surface area (Å²) in [5.41, 5.74) is 2.92. The first-order chi connectivity index (χ1) is 15.4. The number of esters is 2. The van der Waals surface area contributed by atoms with Crippen LogP contribution < -0.4 is 0 Å². The molecule has 0 spiro atoms. The zero-order valence-corrected chi connectivity index (χ0v) is 18.4. The maximum absolute atomic E-state index is 11.5. The molecule has 6 heteroatoms. The fourth-order valence-corrected chi connectivity index (χ4v) is 3.80. The van der Waals surface area contributed by atoms with Gasteiger partial charge in [-0.15, -0.1) is 0 Å². The summed E-state index contributed by atoms with van der Waals surface area (Å²) < 4.78 is 9.81. The molecule has 3 aromatic carbocycles. The summed E-state index contributed by atoms with van der Waals surface area (Å²) in [7, 11) is 0. The van der Waals surface area contributed by atoms with E-state index < -0.39 is 5.97 Å². The highest BCUT2D eigenvalue weighted by atomic mass is 16.5. The zero-order chi connectivity index (χ0) is 23.1. The summed E-state index contributed by atoms with van der Waals surface area (Å²) in [4.78, 5) is 23.1. The Morgan fingerprint density at radius 1 is 0.812 bits per heavy atom. The topological polar surface area (TPSA) is 93.1 Å². The van der Waals surface area contributed by atoms with Gasteiger partial charge < -0.3 is 19.7 Å². The van der Waals surface area contributed by atoms with Crippen LogP contribution in [0.4, 0.5) is 0 Å². The van der Waals surface area contributed by atoms with E-state index in [9.17, 15) is 19.8 Å². The largest absolute Gasteiger partial charge is 0.508 e. The van der Waals surface area contributed by atoms with Gasteiger partial charge in [0, 0.05) is 5.39 Å². The molecule has 4 rings (SSSR count). The molecule has 0 saturated carbocycles. The highest BCUT2D eigenvalue weighted by molar-refractivity contribution is 5.98. The van der Waals surface area contributed by atoms with Gasteiger partial charge in [-0.1, -0.05) is 24.3 Å². The molecule has 168 valence electrons. The summed E-state index contributed by atoms with van der Waals surface area (Å²) in [5, 5.41) is 21.2. The van der Waals surface area contributed by atoms with Crippen molar-refractivity contribution in [3.63, 3.8) is 0 Å². The van der Waals surface area contributed by atoms with Gasteiger partial charge in [0.25, 0.3) is 0 Å². The van der Waals surface area contributed by atoms with Crippen molar-refractivity contribution in [2.24, 2.45) is 0 Å². The van der Waals surface area contributed by atoms with Crippen molar-refractivity contribution in [3.8, 4) is 11.5 Å². The first-order valence-corrected chi connectivity index (χ1v) is 10.8. The summed E-state index contributed by atoms with van der Waals surface area (Å²) in [6.07, 6.45) is 4.08. The van der Waals surface area contributed by atoms with Gasteiger partial charge in [0.2, 0.25) is 0 Å². The van der Waals surface area contributed by atoms with Crippen molar-refractivity contribution in [3.05, 3.63) is 70.8 Å². The molecule has 0 aliphatic heterocycles. The lowest BCUT2D eigenvalue weighted by molar-refractivity contribution is 0.0516. The Kier molecular flexibility index (Phi) is 7.71. The van der Waals surface area contributed by atoms with Crippen LogP contribution in [0.1, 0.15) is 58.5 Å². The number of phenolic OH excluding ortho intramolecular Hbond substituents is 2. The Balaban J connectivity index is 0.000000181. The molecule has 0 heterocycles. The number of ether oxygens (including phenoxy) is 2. The quantitative estimate of drug-likeness (QED) is 0.548. The van der Waals surface area contributed by atoms with Crippen LogP contribution in [0.3, 0.4) is 0 Å². The minimum absolute atomic E-state index is 0.0983. The molecule has 1 aliphatic rings. The molecule has 0 unspecified atom stereocenters. The van der Waals surface area contributed by atoms with Gasteiger partial charge >= 0.3 is 11.9 Å². The Hall–Kier alpha value is -3.54. The van der Waals surface area contributed by atoms with E-state index in [4.69, 9.17) is 9.47 Å². The molecule has 0 bridgehead atoms. The molecular formula is C26H28O6. The minimum atomic E-state index is -0.413. The molecule has 32 heavy (non-hydrogen) atoms. The Morgan fingerprint density at radius 3 is 2.09 bits per heavy atom. The fourth-order valence-electron chi connectivity index (χ4n) is 3.80. The smallest absolute Gasteiger partial charge is 0.338 e. The highest BCUT2D eigenvalue weighted by Crippen LogP contribution is 2.30. The fraction of sp³-hybridized carbons (Fsp3) is 0.308. The average Bonchev–Trinajstić information content (AvgIpc) is 2.80. The Bertz CT molecular complexity index is 1120. The van der Waals surface area contributed by atoms with Crippen LogP contribution >= 0.6 is 0 Å². The van der Waals surface area contributed by atoms with E-state index in [1.807, 2.05) is 24.3 Å². The molecule has 6 nitrogen and oxygen atoms in total. The molecule has 2 N–H and O–H groups in total. The van der Waals surface area contributed by atoms with Crippen LogP contribution in [-0.2, 0) is 22.3 Å². The van der Waals surface area contributed by atoms with E-state index in [1.165, 1.54) is 12.1 Å². The van der Waals surface area contributed by atoms with E-state index in [2.05, 4.69) is 0 Å². The second kappa shape index (κ2) is 10.7. The van der Waals surface area contributed by atoms with Crippen molar-refractivity contribution < 1.29 is 29.3 Å². The standard InChI is InChI=1S/C13H16O3.C13H12O3/c2*1-2-16-13(15)10-7-9-5-3-4-6-11(9)12(14)8-10/h7-8,14H,2-6H2,1H3;3-8,14H,2H2,1H3. The third kappa shape index (κ3) is 5.38. The maximum atomic E-state index is 11.5. The van der Waals surface area contributed by atoms with Crippen molar-refractivity contribution in [1.29, 1.82) is 0 Å². The summed E-state index contributed by atoms with van der Waals surface area (Å²) in [6.45, 7) is 4.21. The summed E-state index contributed by atoms with van der Waals surface area (Å²) >= 11 is 0. The molecule has 0 saturated heterocycles. The number of carbonyl (C=O) groups excluding carboxylic acids is 2. The molecule has 0 amide bonds. The van der Waals surface area contributed by atoms with Gasteiger partial charge in [0.15, 0.2) is 0 Å². The maximum Gasteiger partial charge on any atom is 0.338 e. The van der Waals surface area contributed by atoms with Crippen LogP contribution in [-0.4, -0.2) is 35.4 Å². The van der Waals surface area contributed by atoms with Gasteiger partial charge in [-0.3, -0.25) is 0 Å². The first kappa shape index (κ1) is 23.1. The van der Waals surface area contributed by atoms with Crippen molar-refractivity contribution in [2.45, 2.75) is 39.5 Å². The van der Waals surface area contributed by atoms with E-state index in [1.54, 1.807) is 26.0 Å². The number of phenols is 2. The van der Waals surface area contributed by atoms with Crippen LogP contribution in [0.5, 0.6) is 11.5 Å². The van der Waals surface area contributed by atoms with Crippen molar-refractivity contribution in [1.82, 2.24) is 0 Å². The highest BCUT2D eigenvalue weighted by Gasteiger charge is 2.17. The van der Waals surface area contributed by atoms with Crippen LogP contribution in [0, 0.1) is 0 Å². The number of hydrogen-bond acceptors (Lipinski definition) is 6. The predicted octanol–water partition coefficient (Wildman–Crippen LogP) is 5.17. The van der Waals surface area contributed by atoms with Crippen LogP contribution in [0.15, 0.2) is 48.5 Å². The van der Waals surface area contributed by atoms with E-state index >= 15 is 0 Å². The molecule has 0 aromatic heterocycles. The Labute approximate surface area is 187 Å². The molecule has 0 atom stereocenters. The number of rotatable bonds is 4. The monoisotopic (exact) mass is 436 g/mol. The molecule has 1 aliphatic carbocycles. The lowest BCUT2D eigenvalue weighted by atomic mass is 9.89. The van der Waals surface area contributed by atoms with Crippen molar-refractivity contribution in [2.75, 3.05) is 13.2 Å². The Morgan fingerprint density at radius 2 is 1.41 bits per heavy atom. The number of aromatic hydroxyl groups is 2. The number of aryl methyl sites for hydroxylation is 1. The zero-order valence-electron chi connectivity index (χ0n) is 18.4. The van der Waals surface area contributed by atoms with Crippen LogP contribution in [0.2, 0.25) is 0 Å². The van der Waals surface area contributed by atoms with E-state index in [0.717, 1.165) is 47.6 Å². The van der Waals surface area contributed by atoms with Crippen molar-refractivity contribution >= 4 is 22.7 Å². The van der Waals surface area contributed by atoms with Gasteiger partial charge in [-0.2, -0.15) is 0 Å². The van der Waals surface area contributed by atoms with E-state index in [-0.39, 0.29) is 17.5 Å². The number of hydrogen-bond donors (Lipinski definition) is 2.